The van der Waals surface area contributed by atoms with E-state index in [2.05, 4.69) is 19.8 Å². The van der Waals surface area contributed by atoms with E-state index in [0.29, 0.717) is 24.5 Å². The van der Waals surface area contributed by atoms with Gasteiger partial charge in [-0.15, -0.1) is 25.6 Å². The van der Waals surface area contributed by atoms with Gasteiger partial charge in [-0.05, 0) is 36.7 Å². The molecule has 6 nitrogen and oxygen atoms in total. The van der Waals surface area contributed by atoms with Crippen molar-refractivity contribution in [3.8, 4) is 5.88 Å². The number of hydrogen-bond acceptors (Lipinski definition) is 5. The fraction of sp³-hybridized carbons (Fsp3) is 0.312. The molecule has 1 saturated heterocycles. The third-order valence-electron chi connectivity index (χ3n) is 4.12. The molecule has 1 atom stereocenters. The lowest BCUT2D eigenvalue weighted by Crippen LogP contribution is -2.47. The second-order valence-corrected chi connectivity index (χ2v) is 8.12. The van der Waals surface area contributed by atoms with Crippen LogP contribution in [0, 0.1) is 0 Å². The summed E-state index contributed by atoms with van der Waals surface area (Å²) in [6, 6.07) is 8.65. The Labute approximate surface area is 170 Å². The molecule has 0 aliphatic carbocycles. The molecule has 0 bridgehead atoms. The standard InChI is InChI=1S/C16H15ClF3N3O3S.ClH/c17-12-3-1-11(2-4-12)15(7-8-21-10-15)23-27(24,25)13-5-6-14(22-9-13)26-16(18,19)20;/h1-6,9,21,23H,7-8,10H2;1H. The van der Waals surface area contributed by atoms with Crippen molar-refractivity contribution >= 4 is 34.0 Å². The summed E-state index contributed by atoms with van der Waals surface area (Å²) in [5, 5.41) is 3.64. The SMILES string of the molecule is Cl.O=S(=O)(NC1(c2ccc(Cl)cc2)CCNC1)c1ccc(OC(F)(F)F)nc1. The van der Waals surface area contributed by atoms with Crippen LogP contribution in [0.15, 0.2) is 47.5 Å². The molecule has 1 aliphatic heterocycles. The minimum atomic E-state index is -4.90. The van der Waals surface area contributed by atoms with Crippen LogP contribution in [0.3, 0.4) is 0 Å². The molecule has 1 aromatic heterocycles. The van der Waals surface area contributed by atoms with E-state index in [-0.39, 0.29) is 17.3 Å². The number of rotatable bonds is 5. The molecular weight excluding hydrogens is 442 g/mol. The second kappa shape index (κ2) is 8.42. The van der Waals surface area contributed by atoms with Crippen molar-refractivity contribution in [2.24, 2.45) is 0 Å². The van der Waals surface area contributed by atoms with E-state index in [0.717, 1.165) is 23.9 Å². The van der Waals surface area contributed by atoms with Crippen LogP contribution in [0.5, 0.6) is 5.88 Å². The van der Waals surface area contributed by atoms with E-state index in [4.69, 9.17) is 11.6 Å². The summed E-state index contributed by atoms with van der Waals surface area (Å²) in [6.45, 7) is 0.957. The average Bonchev–Trinajstić information content (AvgIpc) is 3.03. The fourth-order valence-electron chi connectivity index (χ4n) is 2.87. The maximum absolute atomic E-state index is 12.8. The molecule has 0 spiro atoms. The van der Waals surface area contributed by atoms with Gasteiger partial charge in [-0.1, -0.05) is 23.7 Å². The predicted molar refractivity (Wildman–Crippen MR) is 99.1 cm³/mol. The van der Waals surface area contributed by atoms with Gasteiger partial charge < -0.3 is 10.1 Å². The minimum absolute atomic E-state index is 0. The molecule has 2 aromatic rings. The first-order chi connectivity index (χ1) is 12.6. The van der Waals surface area contributed by atoms with Crippen molar-refractivity contribution in [2.45, 2.75) is 23.2 Å². The summed E-state index contributed by atoms with van der Waals surface area (Å²) in [4.78, 5) is 3.15. The molecule has 3 rings (SSSR count). The van der Waals surface area contributed by atoms with Crippen LogP contribution in [-0.4, -0.2) is 32.9 Å². The molecule has 2 N–H and O–H groups in total. The van der Waals surface area contributed by atoms with E-state index in [1.165, 1.54) is 0 Å². The Morgan fingerprint density at radius 3 is 2.36 bits per heavy atom. The molecule has 2 heterocycles. The number of pyridine rings is 1. The van der Waals surface area contributed by atoms with Crippen LogP contribution < -0.4 is 14.8 Å². The largest absolute Gasteiger partial charge is 0.574 e. The van der Waals surface area contributed by atoms with Crippen LogP contribution in [0.4, 0.5) is 13.2 Å². The van der Waals surface area contributed by atoms with Crippen LogP contribution >= 0.6 is 24.0 Å². The van der Waals surface area contributed by atoms with Crippen molar-refractivity contribution in [3.63, 3.8) is 0 Å². The zero-order chi connectivity index (χ0) is 19.7. The van der Waals surface area contributed by atoms with Gasteiger partial charge in [0.25, 0.3) is 0 Å². The summed E-state index contributed by atoms with van der Waals surface area (Å²) in [5.41, 5.74) is -0.171. The van der Waals surface area contributed by atoms with Crippen molar-refractivity contribution in [3.05, 3.63) is 53.2 Å². The Balaban J connectivity index is 0.00000280. The van der Waals surface area contributed by atoms with Gasteiger partial charge >= 0.3 is 6.36 Å². The molecule has 154 valence electrons. The third kappa shape index (κ3) is 5.26. The van der Waals surface area contributed by atoms with Gasteiger partial charge in [0.05, 0.1) is 11.7 Å². The zero-order valence-corrected chi connectivity index (χ0v) is 16.6. The number of ether oxygens (including phenoxy) is 1. The van der Waals surface area contributed by atoms with Gasteiger partial charge in [0.15, 0.2) is 0 Å². The molecule has 1 fully saturated rings. The van der Waals surface area contributed by atoms with E-state index >= 15 is 0 Å². The minimum Gasteiger partial charge on any atom is -0.388 e. The smallest absolute Gasteiger partial charge is 0.388 e. The maximum atomic E-state index is 12.8. The normalized spacial score (nSPS) is 19.9. The number of nitrogens with one attached hydrogen (secondary N) is 2. The molecule has 1 aromatic carbocycles. The van der Waals surface area contributed by atoms with E-state index in [1.807, 2.05) is 0 Å². The van der Waals surface area contributed by atoms with E-state index in [1.54, 1.807) is 24.3 Å². The third-order valence-corrected chi connectivity index (χ3v) is 5.90. The predicted octanol–water partition coefficient (Wildman–Crippen LogP) is 3.22. The highest BCUT2D eigenvalue weighted by molar-refractivity contribution is 7.89. The first kappa shape index (κ1) is 22.7. The number of aromatic nitrogens is 1. The van der Waals surface area contributed by atoms with E-state index < -0.39 is 27.8 Å². The number of hydrogen-bond donors (Lipinski definition) is 2. The van der Waals surface area contributed by atoms with Crippen LogP contribution in [0.2, 0.25) is 5.02 Å². The highest BCUT2D eigenvalue weighted by atomic mass is 35.5. The van der Waals surface area contributed by atoms with Crippen molar-refractivity contribution < 1.29 is 26.3 Å². The van der Waals surface area contributed by atoms with Gasteiger partial charge in [-0.3, -0.25) is 0 Å². The molecule has 1 aliphatic rings. The lowest BCUT2D eigenvalue weighted by Gasteiger charge is -2.30. The summed E-state index contributed by atoms with van der Waals surface area (Å²) in [5.74, 6) is -0.739. The summed E-state index contributed by atoms with van der Waals surface area (Å²) in [7, 11) is -4.04. The van der Waals surface area contributed by atoms with Gasteiger partial charge in [-0.25, -0.2) is 13.4 Å². The Morgan fingerprint density at radius 1 is 1.18 bits per heavy atom. The summed E-state index contributed by atoms with van der Waals surface area (Å²) >= 11 is 5.90. The summed E-state index contributed by atoms with van der Waals surface area (Å²) < 4.78 is 68.4. The van der Waals surface area contributed by atoms with Gasteiger partial charge in [-0.2, -0.15) is 4.72 Å². The quantitative estimate of drug-likeness (QED) is 0.720. The van der Waals surface area contributed by atoms with Crippen LogP contribution in [-0.2, 0) is 15.6 Å². The number of halogens is 5. The lowest BCUT2D eigenvalue weighted by molar-refractivity contribution is -0.276. The maximum Gasteiger partial charge on any atom is 0.574 e. The summed E-state index contributed by atoms with van der Waals surface area (Å²) in [6.07, 6.45) is -3.59. The van der Waals surface area contributed by atoms with Gasteiger partial charge in [0.2, 0.25) is 15.9 Å². The number of sulfonamides is 1. The number of nitrogens with zero attached hydrogens (tertiary/aromatic N) is 1. The number of benzene rings is 1. The first-order valence-electron chi connectivity index (χ1n) is 7.82. The molecule has 0 radical (unpaired) electrons. The molecule has 12 heteroatoms. The fourth-order valence-corrected chi connectivity index (χ4v) is 4.36. The average molecular weight is 458 g/mol. The first-order valence-corrected chi connectivity index (χ1v) is 9.68. The topological polar surface area (TPSA) is 80.3 Å². The number of alkyl halides is 3. The molecular formula is C16H16Cl2F3N3O3S. The lowest BCUT2D eigenvalue weighted by atomic mass is 9.90. The highest BCUT2D eigenvalue weighted by Crippen LogP contribution is 2.31. The van der Waals surface area contributed by atoms with Crippen molar-refractivity contribution in [1.29, 1.82) is 0 Å². The van der Waals surface area contributed by atoms with Gasteiger partial charge in [0.1, 0.15) is 4.90 Å². The molecule has 0 amide bonds. The van der Waals surface area contributed by atoms with Crippen LogP contribution in [0.25, 0.3) is 0 Å². The van der Waals surface area contributed by atoms with Crippen molar-refractivity contribution in [2.75, 3.05) is 13.1 Å². The molecule has 0 saturated carbocycles. The van der Waals surface area contributed by atoms with E-state index in [9.17, 15) is 21.6 Å². The Kier molecular flexibility index (Phi) is 6.82. The monoisotopic (exact) mass is 457 g/mol. The second-order valence-electron chi connectivity index (χ2n) is 6.00. The van der Waals surface area contributed by atoms with Crippen LogP contribution in [0.1, 0.15) is 12.0 Å². The Morgan fingerprint density at radius 2 is 1.86 bits per heavy atom. The molecule has 1 unspecified atom stereocenters. The van der Waals surface area contributed by atoms with Gasteiger partial charge in [0, 0.05) is 17.6 Å². The zero-order valence-electron chi connectivity index (χ0n) is 14.2. The Bertz CT molecular complexity index is 901. The molecule has 28 heavy (non-hydrogen) atoms. The highest BCUT2D eigenvalue weighted by Gasteiger charge is 2.40. The Hall–Kier alpha value is -1.59. The van der Waals surface area contributed by atoms with Crippen molar-refractivity contribution in [1.82, 2.24) is 15.0 Å².